The smallest absolute Gasteiger partial charge is 0.320 e. The highest BCUT2D eigenvalue weighted by atomic mass is 32.2. The summed E-state index contributed by atoms with van der Waals surface area (Å²) in [4.78, 5) is 77.3. The van der Waals surface area contributed by atoms with Crippen LogP contribution in [0.3, 0.4) is 0 Å². The molecule has 0 amide bonds. The Morgan fingerprint density at radius 1 is 0.569 bits per heavy atom. The first-order chi connectivity index (χ1) is 24.0. The fourth-order valence-corrected chi connectivity index (χ4v) is 6.89. The molecule has 3 atom stereocenters. The van der Waals surface area contributed by atoms with Crippen molar-refractivity contribution in [2.45, 2.75) is 61.5 Å². The Kier molecular flexibility index (Phi) is 17.9. The lowest BCUT2D eigenvalue weighted by atomic mass is 10.1. The fraction of sp³-hybridized carbons (Fsp3) is 0.613. The second-order valence-electron chi connectivity index (χ2n) is 12.0. The molecule has 1 fully saturated rings. The summed E-state index contributed by atoms with van der Waals surface area (Å²) in [5, 5.41) is 58.0. The lowest BCUT2D eigenvalue weighted by Crippen LogP contribution is -2.55. The number of hydrogen-bond donors (Lipinski definition) is 7. The molecule has 0 radical (unpaired) electrons. The minimum Gasteiger partial charge on any atom is -0.481 e. The summed E-state index contributed by atoms with van der Waals surface area (Å²) in [7, 11) is -3.89. The number of hydrogen-bond acceptors (Lipinski definition) is 12. The van der Waals surface area contributed by atoms with Gasteiger partial charge < -0.3 is 30.6 Å². The van der Waals surface area contributed by atoms with Gasteiger partial charge in [-0.3, -0.25) is 48.4 Å². The molecule has 0 aliphatic carbocycles. The van der Waals surface area contributed by atoms with Gasteiger partial charge in [0.25, 0.3) is 0 Å². The summed E-state index contributed by atoms with van der Waals surface area (Å²) < 4.78 is 28.2. The average molecular weight is 746 g/mol. The third-order valence-corrected chi connectivity index (χ3v) is 10.1. The van der Waals surface area contributed by atoms with E-state index in [1.807, 2.05) is 0 Å². The van der Waals surface area contributed by atoms with Crippen molar-refractivity contribution in [1.82, 2.24) is 24.3 Å². The molecule has 3 unspecified atom stereocenters. The highest BCUT2D eigenvalue weighted by Gasteiger charge is 2.33. The van der Waals surface area contributed by atoms with Crippen molar-refractivity contribution in [3.63, 3.8) is 0 Å². The van der Waals surface area contributed by atoms with Gasteiger partial charge in [-0.05, 0) is 31.4 Å². The standard InChI is InChI=1S/C31H47N5O14S/c37-26(38)9-6-23(29(43)44)34-16-14-33(13-12-32-51(49,50)22-4-2-1-3-5-22)15-17-35(24(30(45)46)7-10-27(39)40)19-21-36(20-18-34)25(31(47)48)8-11-28(41)42/h1-5,23-25,32H,6-21H2,(H,37,38)(H,39,40)(H,41,42)(H,43,44)(H,45,46)(H,47,48). The quantitative estimate of drug-likeness (QED) is 0.0855. The first kappa shape index (κ1) is 43.0. The zero-order valence-electron chi connectivity index (χ0n) is 28.1. The number of nitrogens with zero attached hydrogens (tertiary/aromatic N) is 4. The van der Waals surface area contributed by atoms with E-state index in [0.29, 0.717) is 0 Å². The van der Waals surface area contributed by atoms with Gasteiger partial charge in [0.2, 0.25) is 10.0 Å². The fourth-order valence-electron chi connectivity index (χ4n) is 5.85. The van der Waals surface area contributed by atoms with E-state index in [4.69, 9.17) is 0 Å². The van der Waals surface area contributed by atoms with Gasteiger partial charge in [-0.25, -0.2) is 13.1 Å². The van der Waals surface area contributed by atoms with Crippen molar-refractivity contribution in [2.24, 2.45) is 0 Å². The first-order valence-corrected chi connectivity index (χ1v) is 17.8. The normalized spacial score (nSPS) is 18.0. The van der Waals surface area contributed by atoms with Crippen molar-refractivity contribution in [2.75, 3.05) is 65.4 Å². The van der Waals surface area contributed by atoms with Crippen LogP contribution in [0.4, 0.5) is 0 Å². The predicted molar refractivity (Wildman–Crippen MR) is 178 cm³/mol. The van der Waals surface area contributed by atoms with Crippen LogP contribution in [0.1, 0.15) is 38.5 Å². The molecule has 0 saturated carbocycles. The highest BCUT2D eigenvalue weighted by molar-refractivity contribution is 7.89. The number of carboxylic acids is 6. The Hall–Kier alpha value is -4.21. The SMILES string of the molecule is O=C(O)CCC(C(=O)O)N1CCN(CCNS(=O)(=O)c2ccccc2)CCN(C(CCC(=O)O)C(=O)O)CCN(C(CCC(=O)O)C(=O)O)CC1. The summed E-state index contributed by atoms with van der Waals surface area (Å²) in [6.45, 7) is -0.206. The van der Waals surface area contributed by atoms with Crippen LogP contribution in [0, 0.1) is 0 Å². The Labute approximate surface area is 295 Å². The molecule has 19 nitrogen and oxygen atoms in total. The number of sulfonamides is 1. The van der Waals surface area contributed by atoms with Crippen LogP contribution in [0.25, 0.3) is 0 Å². The van der Waals surface area contributed by atoms with E-state index >= 15 is 0 Å². The van der Waals surface area contributed by atoms with Crippen LogP contribution in [0.5, 0.6) is 0 Å². The molecule has 20 heteroatoms. The van der Waals surface area contributed by atoms with Crippen molar-refractivity contribution in [1.29, 1.82) is 0 Å². The number of carbonyl (C=O) groups is 6. The van der Waals surface area contributed by atoms with E-state index in [-0.39, 0.29) is 89.6 Å². The van der Waals surface area contributed by atoms with Gasteiger partial charge in [-0.15, -0.1) is 0 Å². The molecule has 1 aliphatic rings. The molecule has 1 aromatic rings. The average Bonchev–Trinajstić information content (AvgIpc) is 3.04. The minimum absolute atomic E-state index is 0.00407. The van der Waals surface area contributed by atoms with Crippen molar-refractivity contribution < 1.29 is 67.8 Å². The summed E-state index contributed by atoms with van der Waals surface area (Å²) in [5.74, 6) is -7.67. The van der Waals surface area contributed by atoms with Gasteiger partial charge >= 0.3 is 35.8 Å². The minimum atomic E-state index is -3.89. The number of nitrogens with one attached hydrogen (secondary N) is 1. The maximum Gasteiger partial charge on any atom is 0.320 e. The Morgan fingerprint density at radius 2 is 0.902 bits per heavy atom. The molecule has 51 heavy (non-hydrogen) atoms. The van der Waals surface area contributed by atoms with E-state index in [1.54, 1.807) is 23.1 Å². The molecule has 1 heterocycles. The molecule has 286 valence electrons. The second-order valence-corrected chi connectivity index (χ2v) is 13.8. The van der Waals surface area contributed by atoms with E-state index < -0.39 is 83.2 Å². The molecule has 2 rings (SSSR count). The van der Waals surface area contributed by atoms with Crippen molar-refractivity contribution in [3.05, 3.63) is 30.3 Å². The molecule has 0 aromatic heterocycles. The molecule has 7 N–H and O–H groups in total. The molecule has 0 bridgehead atoms. The topological polar surface area (TPSA) is 283 Å². The van der Waals surface area contributed by atoms with Crippen molar-refractivity contribution in [3.8, 4) is 0 Å². The van der Waals surface area contributed by atoms with E-state index in [9.17, 15) is 67.8 Å². The third kappa shape index (κ3) is 15.3. The molecular weight excluding hydrogens is 698 g/mol. The van der Waals surface area contributed by atoms with E-state index in [1.165, 1.54) is 26.8 Å². The Balaban J connectivity index is 2.48. The van der Waals surface area contributed by atoms with E-state index in [2.05, 4.69) is 4.72 Å². The molecule has 1 saturated heterocycles. The number of carboxylic acid groups (broad SMARTS) is 6. The number of benzene rings is 1. The van der Waals surface area contributed by atoms with Crippen LogP contribution in [-0.4, -0.2) is 178 Å². The van der Waals surface area contributed by atoms with Crippen LogP contribution >= 0.6 is 0 Å². The van der Waals surface area contributed by atoms with Crippen LogP contribution < -0.4 is 4.72 Å². The monoisotopic (exact) mass is 745 g/mol. The lowest BCUT2D eigenvalue weighted by molar-refractivity contribution is -0.148. The van der Waals surface area contributed by atoms with Gasteiger partial charge in [0, 0.05) is 84.7 Å². The number of rotatable bonds is 20. The molecule has 1 aromatic carbocycles. The molecule has 1 aliphatic heterocycles. The third-order valence-electron chi connectivity index (χ3n) is 8.60. The lowest BCUT2D eigenvalue weighted by Gasteiger charge is -2.38. The maximum absolute atomic E-state index is 12.8. The van der Waals surface area contributed by atoms with Gasteiger partial charge in [0.15, 0.2) is 0 Å². The summed E-state index contributed by atoms with van der Waals surface area (Å²) in [6.07, 6.45) is -2.32. The molecular formula is C31H47N5O14S. The largest absolute Gasteiger partial charge is 0.481 e. The van der Waals surface area contributed by atoms with Gasteiger partial charge in [0.1, 0.15) is 18.1 Å². The highest BCUT2D eigenvalue weighted by Crippen LogP contribution is 2.16. The second kappa shape index (κ2) is 21.2. The van der Waals surface area contributed by atoms with Gasteiger partial charge in [-0.2, -0.15) is 0 Å². The summed E-state index contributed by atoms with van der Waals surface area (Å²) in [5.41, 5.74) is 0. The Morgan fingerprint density at radius 3 is 1.22 bits per heavy atom. The van der Waals surface area contributed by atoms with Gasteiger partial charge in [-0.1, -0.05) is 18.2 Å². The van der Waals surface area contributed by atoms with Crippen molar-refractivity contribution >= 4 is 45.8 Å². The molecule has 0 spiro atoms. The zero-order valence-corrected chi connectivity index (χ0v) is 28.9. The summed E-state index contributed by atoms with van der Waals surface area (Å²) >= 11 is 0. The maximum atomic E-state index is 12.8. The van der Waals surface area contributed by atoms with E-state index in [0.717, 1.165) is 0 Å². The Bertz CT molecular complexity index is 1400. The van der Waals surface area contributed by atoms with Crippen LogP contribution in [0.15, 0.2) is 35.2 Å². The number of aliphatic carboxylic acids is 6. The summed E-state index contributed by atoms with van der Waals surface area (Å²) in [6, 6.07) is 3.67. The predicted octanol–water partition coefficient (Wildman–Crippen LogP) is -0.859. The van der Waals surface area contributed by atoms with Gasteiger partial charge in [0.05, 0.1) is 4.90 Å². The van der Waals surface area contributed by atoms with Crippen LogP contribution in [0.2, 0.25) is 0 Å². The van der Waals surface area contributed by atoms with Crippen LogP contribution in [-0.2, 0) is 38.8 Å². The first-order valence-electron chi connectivity index (χ1n) is 16.3. The zero-order chi connectivity index (χ0) is 38.1.